The van der Waals surface area contributed by atoms with Gasteiger partial charge in [-0.2, -0.15) is 0 Å². The minimum atomic E-state index is 0. The fourth-order valence-electron chi connectivity index (χ4n) is 1.29. The summed E-state index contributed by atoms with van der Waals surface area (Å²) < 4.78 is 0. The molecule has 0 N–H and O–H groups in total. The molecule has 2 aromatic carbocycles. The van der Waals surface area contributed by atoms with Gasteiger partial charge < -0.3 is 12.4 Å². The Morgan fingerprint density at radius 1 is 0.600 bits per heavy atom. The number of benzene rings is 2. The van der Waals surface area contributed by atoms with Gasteiger partial charge in [0.1, 0.15) is 0 Å². The van der Waals surface area contributed by atoms with Crippen LogP contribution in [0.3, 0.4) is 0 Å². The van der Waals surface area contributed by atoms with Crippen molar-refractivity contribution in [1.82, 2.24) is 0 Å². The predicted octanol–water partition coefficient (Wildman–Crippen LogP) is 0.289. The van der Waals surface area contributed by atoms with Gasteiger partial charge in [-0.25, -0.2) is 0 Å². The second kappa shape index (κ2) is 7.62. The summed E-state index contributed by atoms with van der Waals surface area (Å²) in [4.78, 5) is 0. The molecule has 0 aromatic heterocycles. The number of halogens is 1. The number of hydrogen-bond acceptors (Lipinski definition) is 0. The Labute approximate surface area is 110 Å². The summed E-state index contributed by atoms with van der Waals surface area (Å²) in [5.41, 5.74) is 2.49. The van der Waals surface area contributed by atoms with Gasteiger partial charge >= 0.3 is 0 Å². The Morgan fingerprint density at radius 3 is 1.27 bits per heavy atom. The van der Waals surface area contributed by atoms with Crippen molar-refractivity contribution < 1.29 is 31.9 Å². The quantitative estimate of drug-likeness (QED) is 0.687. The number of hydrogen-bond donors (Lipinski definition) is 0. The third kappa shape index (κ3) is 4.60. The van der Waals surface area contributed by atoms with Gasteiger partial charge in [-0.3, -0.25) is 0 Å². The number of rotatable bonds is 2. The topological polar surface area (TPSA) is 0 Å². The van der Waals surface area contributed by atoms with Gasteiger partial charge in [0.2, 0.25) is 0 Å². The van der Waals surface area contributed by atoms with Crippen LogP contribution in [0.15, 0.2) is 60.7 Å². The van der Waals surface area contributed by atoms with E-state index in [9.17, 15) is 0 Å². The van der Waals surface area contributed by atoms with E-state index in [4.69, 9.17) is 0 Å². The monoisotopic (exact) mass is 266 g/mol. The first kappa shape index (κ1) is 14.4. The molecular formula is C13H11ClZn-. The van der Waals surface area contributed by atoms with Gasteiger partial charge in [0.15, 0.2) is 0 Å². The standard InChI is InChI=1S/C13H11.ClH.Zn/c1-3-7-12(8-4-1)11-13-9-5-2-6-10-13;;/h1-11H;1H;/p-1. The SMILES string of the molecule is [CH](c1ccccc1)c1ccccc1.[Cl-].[Zn]. The zero-order valence-electron chi connectivity index (χ0n) is 8.44. The van der Waals surface area contributed by atoms with E-state index >= 15 is 0 Å². The molecule has 0 spiro atoms. The van der Waals surface area contributed by atoms with Gasteiger partial charge in [0.05, 0.1) is 0 Å². The molecule has 73 valence electrons. The molecule has 0 aliphatic heterocycles. The predicted molar refractivity (Wildman–Crippen MR) is 55.4 cm³/mol. The maximum absolute atomic E-state index is 2.17. The summed E-state index contributed by atoms with van der Waals surface area (Å²) in [6, 6.07) is 20.7. The van der Waals surface area contributed by atoms with Crippen molar-refractivity contribution in [3.63, 3.8) is 0 Å². The van der Waals surface area contributed by atoms with Crippen LogP contribution in [0, 0.1) is 6.42 Å². The second-order valence-corrected chi connectivity index (χ2v) is 2.97. The third-order valence-corrected chi connectivity index (χ3v) is 1.93. The molecule has 0 amide bonds. The Morgan fingerprint density at radius 2 is 0.933 bits per heavy atom. The van der Waals surface area contributed by atoms with Crippen molar-refractivity contribution in [3.8, 4) is 0 Å². The van der Waals surface area contributed by atoms with Crippen LogP contribution in [0.1, 0.15) is 11.1 Å². The Hall–Kier alpha value is -0.647. The van der Waals surface area contributed by atoms with E-state index in [1.807, 2.05) is 12.1 Å². The van der Waals surface area contributed by atoms with Crippen LogP contribution < -0.4 is 12.4 Å². The third-order valence-electron chi connectivity index (χ3n) is 1.93. The Balaban J connectivity index is 0.000000980. The van der Waals surface area contributed by atoms with Crippen LogP contribution in [0.4, 0.5) is 0 Å². The average Bonchev–Trinajstić information content (AvgIpc) is 2.21. The molecule has 0 heterocycles. The van der Waals surface area contributed by atoms with E-state index in [1.165, 1.54) is 11.1 Å². The van der Waals surface area contributed by atoms with Gasteiger partial charge in [0.25, 0.3) is 0 Å². The maximum Gasteiger partial charge on any atom is 0.0199 e. The molecule has 2 aromatic rings. The van der Waals surface area contributed by atoms with E-state index in [0.717, 1.165) is 0 Å². The minimum Gasteiger partial charge on any atom is -1.00 e. The molecule has 2 rings (SSSR count). The fourth-order valence-corrected chi connectivity index (χ4v) is 1.29. The van der Waals surface area contributed by atoms with Gasteiger partial charge in [0, 0.05) is 25.9 Å². The summed E-state index contributed by atoms with van der Waals surface area (Å²) >= 11 is 0. The van der Waals surface area contributed by atoms with E-state index in [-0.39, 0.29) is 31.9 Å². The Kier molecular flexibility index (Phi) is 7.29. The molecule has 0 saturated carbocycles. The van der Waals surface area contributed by atoms with E-state index in [1.54, 1.807) is 0 Å². The van der Waals surface area contributed by atoms with Crippen LogP contribution in [0.5, 0.6) is 0 Å². The van der Waals surface area contributed by atoms with Crippen LogP contribution >= 0.6 is 0 Å². The Bertz CT molecular complexity index is 321. The van der Waals surface area contributed by atoms with Gasteiger partial charge in [-0.1, -0.05) is 60.7 Å². The summed E-state index contributed by atoms with van der Waals surface area (Å²) in [6.45, 7) is 0. The average molecular weight is 268 g/mol. The van der Waals surface area contributed by atoms with Crippen molar-refractivity contribution in [3.05, 3.63) is 78.2 Å². The largest absolute Gasteiger partial charge is 1.00 e. The van der Waals surface area contributed by atoms with E-state index in [0.29, 0.717) is 0 Å². The molecule has 0 fully saturated rings. The van der Waals surface area contributed by atoms with Crippen LogP contribution in [0.2, 0.25) is 0 Å². The molecule has 0 aliphatic carbocycles. The van der Waals surface area contributed by atoms with Crippen molar-refractivity contribution in [1.29, 1.82) is 0 Å². The molecule has 1 radical (unpaired) electrons. The molecule has 2 heteroatoms. The molecular weight excluding hydrogens is 257 g/mol. The van der Waals surface area contributed by atoms with E-state index < -0.39 is 0 Å². The summed E-state index contributed by atoms with van der Waals surface area (Å²) in [5.74, 6) is 0. The second-order valence-electron chi connectivity index (χ2n) is 2.97. The first-order valence-corrected chi connectivity index (χ1v) is 4.40. The fraction of sp³-hybridized carbons (Fsp3) is 0. The summed E-state index contributed by atoms with van der Waals surface area (Å²) in [7, 11) is 0. The van der Waals surface area contributed by atoms with Crippen molar-refractivity contribution >= 4 is 0 Å². The molecule has 0 aliphatic rings. The molecule has 0 unspecified atom stereocenters. The summed E-state index contributed by atoms with van der Waals surface area (Å²) in [5, 5.41) is 0. The molecule has 0 saturated heterocycles. The molecule has 0 nitrogen and oxygen atoms in total. The van der Waals surface area contributed by atoms with Crippen LogP contribution in [-0.4, -0.2) is 0 Å². The molecule has 15 heavy (non-hydrogen) atoms. The van der Waals surface area contributed by atoms with Crippen molar-refractivity contribution in [2.24, 2.45) is 0 Å². The normalized spacial score (nSPS) is 8.53. The smallest absolute Gasteiger partial charge is 0.0199 e. The van der Waals surface area contributed by atoms with Crippen molar-refractivity contribution in [2.75, 3.05) is 0 Å². The van der Waals surface area contributed by atoms with Gasteiger partial charge in [-0.05, 0) is 11.1 Å². The van der Waals surface area contributed by atoms with Crippen LogP contribution in [-0.2, 0) is 19.5 Å². The first-order valence-electron chi connectivity index (χ1n) is 4.40. The zero-order valence-corrected chi connectivity index (χ0v) is 12.2. The van der Waals surface area contributed by atoms with E-state index in [2.05, 4.69) is 55.0 Å². The summed E-state index contributed by atoms with van der Waals surface area (Å²) in [6.07, 6.45) is 2.17. The van der Waals surface area contributed by atoms with Crippen LogP contribution in [0.25, 0.3) is 0 Å². The van der Waals surface area contributed by atoms with Crippen molar-refractivity contribution in [2.45, 2.75) is 0 Å². The minimum absolute atomic E-state index is 0. The maximum atomic E-state index is 2.17. The van der Waals surface area contributed by atoms with Gasteiger partial charge in [-0.15, -0.1) is 0 Å². The zero-order chi connectivity index (χ0) is 8.93. The molecule has 0 bridgehead atoms. The first-order chi connectivity index (χ1) is 6.45. The molecule has 0 atom stereocenters.